The van der Waals surface area contributed by atoms with E-state index in [1.165, 1.54) is 0 Å². The second kappa shape index (κ2) is 7.07. The van der Waals surface area contributed by atoms with Crippen LogP contribution in [0, 0.1) is 0 Å². The van der Waals surface area contributed by atoms with Gasteiger partial charge in [0.15, 0.2) is 0 Å². The number of fused-ring (bicyclic) bond motifs is 1. The zero-order valence-electron chi connectivity index (χ0n) is 14.0. The molecule has 0 atom stereocenters. The molecule has 4 rings (SSSR count). The maximum atomic E-state index is 13.0. The Morgan fingerprint density at radius 1 is 1.20 bits per heavy atom. The third-order valence-electron chi connectivity index (χ3n) is 4.90. The maximum Gasteiger partial charge on any atom is 0.262 e. The van der Waals surface area contributed by atoms with Crippen LogP contribution in [0.4, 0.5) is 0 Å². The first-order chi connectivity index (χ1) is 12.3. The Kier molecular flexibility index (Phi) is 4.65. The van der Waals surface area contributed by atoms with Gasteiger partial charge in [0.1, 0.15) is 4.83 Å². The van der Waals surface area contributed by atoms with Crippen molar-refractivity contribution in [3.63, 3.8) is 0 Å². The lowest BCUT2D eigenvalue weighted by Crippen LogP contribution is -2.38. The molecule has 1 aliphatic rings. The number of piperidine rings is 1. The molecule has 1 N–H and O–H groups in total. The van der Waals surface area contributed by atoms with Gasteiger partial charge in [0, 0.05) is 30.6 Å². The molecule has 1 aliphatic heterocycles. The summed E-state index contributed by atoms with van der Waals surface area (Å²) in [7, 11) is 0. The van der Waals surface area contributed by atoms with E-state index in [1.807, 2.05) is 24.3 Å². The molecule has 130 valence electrons. The van der Waals surface area contributed by atoms with E-state index in [4.69, 9.17) is 5.11 Å². The van der Waals surface area contributed by atoms with Gasteiger partial charge >= 0.3 is 0 Å². The second-order valence-corrected chi connectivity index (χ2v) is 7.48. The van der Waals surface area contributed by atoms with Crippen molar-refractivity contribution in [2.75, 3.05) is 26.2 Å². The fraction of sp³-hybridized carbons (Fsp3) is 0.368. The Bertz CT molecular complexity index is 911. The average Bonchev–Trinajstić information content (AvgIpc) is 3.09. The Hall–Kier alpha value is -2.02. The van der Waals surface area contributed by atoms with E-state index in [-0.39, 0.29) is 18.2 Å². The first-order valence-corrected chi connectivity index (χ1v) is 9.47. The van der Waals surface area contributed by atoms with Crippen molar-refractivity contribution in [2.45, 2.75) is 18.9 Å². The Labute approximate surface area is 150 Å². The van der Waals surface area contributed by atoms with Crippen molar-refractivity contribution in [3.8, 4) is 10.4 Å². The topological polar surface area (TPSA) is 58.4 Å². The smallest absolute Gasteiger partial charge is 0.262 e. The molecular formula is C19H21N3O2S. The molecule has 25 heavy (non-hydrogen) atoms. The van der Waals surface area contributed by atoms with Crippen molar-refractivity contribution in [3.05, 3.63) is 53.1 Å². The van der Waals surface area contributed by atoms with Crippen molar-refractivity contribution < 1.29 is 5.11 Å². The quantitative estimate of drug-likeness (QED) is 0.782. The summed E-state index contributed by atoms with van der Waals surface area (Å²) in [6.07, 6.45) is 3.55. The van der Waals surface area contributed by atoms with E-state index in [1.54, 1.807) is 22.2 Å². The summed E-state index contributed by atoms with van der Waals surface area (Å²) in [6.45, 7) is 2.72. The third-order valence-corrected chi connectivity index (χ3v) is 5.99. The number of β-amino-alcohol motifs (C(OH)–C–C–N with tert-alkyl or cyclic N) is 1. The highest BCUT2D eigenvalue weighted by atomic mass is 32.1. The Balaban J connectivity index is 1.64. The summed E-state index contributed by atoms with van der Waals surface area (Å²) >= 11 is 1.57. The van der Waals surface area contributed by atoms with E-state index in [9.17, 15) is 4.79 Å². The number of hydrogen-bond donors (Lipinski definition) is 1. The van der Waals surface area contributed by atoms with E-state index in [0.29, 0.717) is 11.9 Å². The van der Waals surface area contributed by atoms with Gasteiger partial charge in [-0.3, -0.25) is 9.36 Å². The van der Waals surface area contributed by atoms with Crippen LogP contribution >= 0.6 is 11.3 Å². The summed E-state index contributed by atoms with van der Waals surface area (Å²) < 4.78 is 1.81. The number of thiophene rings is 1. The highest BCUT2D eigenvalue weighted by Gasteiger charge is 2.22. The van der Waals surface area contributed by atoms with Gasteiger partial charge in [-0.2, -0.15) is 0 Å². The highest BCUT2D eigenvalue weighted by molar-refractivity contribution is 7.21. The second-order valence-electron chi connectivity index (χ2n) is 6.45. The molecule has 0 spiro atoms. The minimum absolute atomic E-state index is 0.0593. The van der Waals surface area contributed by atoms with Crippen molar-refractivity contribution in [1.29, 1.82) is 0 Å². The minimum atomic E-state index is 0.0593. The molecule has 0 unspecified atom stereocenters. The molecule has 0 radical (unpaired) electrons. The molecule has 1 fully saturated rings. The number of aliphatic hydroxyl groups excluding tert-OH is 1. The SMILES string of the molecule is O=c1c2cc(-c3ccccc3)sc2ncn1C1CCN(CCO)CC1. The van der Waals surface area contributed by atoms with Crippen LogP contribution in [0.15, 0.2) is 47.5 Å². The molecule has 0 bridgehead atoms. The van der Waals surface area contributed by atoms with Crippen LogP contribution in [-0.2, 0) is 0 Å². The fourth-order valence-corrected chi connectivity index (χ4v) is 4.50. The number of nitrogens with zero attached hydrogens (tertiary/aromatic N) is 3. The lowest BCUT2D eigenvalue weighted by atomic mass is 10.0. The van der Waals surface area contributed by atoms with Gasteiger partial charge in [0.25, 0.3) is 5.56 Å². The molecule has 2 aromatic heterocycles. The van der Waals surface area contributed by atoms with Gasteiger partial charge in [-0.1, -0.05) is 30.3 Å². The standard InChI is InChI=1S/C19H21N3O2S/c23-11-10-21-8-6-15(7-9-21)22-13-20-18-16(19(22)24)12-17(25-18)14-4-2-1-3-5-14/h1-5,12-13,15,23H,6-11H2. The first-order valence-electron chi connectivity index (χ1n) is 8.65. The van der Waals surface area contributed by atoms with Crippen LogP contribution in [0.1, 0.15) is 18.9 Å². The number of benzene rings is 1. The van der Waals surface area contributed by atoms with Crippen molar-refractivity contribution in [2.24, 2.45) is 0 Å². The lowest BCUT2D eigenvalue weighted by Gasteiger charge is -2.32. The predicted octanol–water partition coefficient (Wildman–Crippen LogP) is 2.75. The summed E-state index contributed by atoms with van der Waals surface area (Å²) in [5.41, 5.74) is 1.18. The first kappa shape index (κ1) is 16.4. The average molecular weight is 355 g/mol. The molecule has 0 amide bonds. The lowest BCUT2D eigenvalue weighted by molar-refractivity contribution is 0.148. The van der Waals surface area contributed by atoms with Crippen molar-refractivity contribution in [1.82, 2.24) is 14.5 Å². The molecule has 5 nitrogen and oxygen atoms in total. The molecule has 0 aliphatic carbocycles. The van der Waals surface area contributed by atoms with Gasteiger partial charge in [-0.25, -0.2) is 4.98 Å². The van der Waals surface area contributed by atoms with Gasteiger partial charge in [0.2, 0.25) is 0 Å². The molecule has 1 aromatic carbocycles. The molecule has 3 aromatic rings. The zero-order chi connectivity index (χ0) is 17.2. The van der Waals surface area contributed by atoms with Gasteiger partial charge in [-0.05, 0) is 24.5 Å². The van der Waals surface area contributed by atoms with Crippen LogP contribution in [0.5, 0.6) is 0 Å². The van der Waals surface area contributed by atoms with Crippen LogP contribution in [0.25, 0.3) is 20.7 Å². The largest absolute Gasteiger partial charge is 0.395 e. The van der Waals surface area contributed by atoms with E-state index >= 15 is 0 Å². The fourth-order valence-electron chi connectivity index (χ4n) is 3.50. The third kappa shape index (κ3) is 3.25. The highest BCUT2D eigenvalue weighted by Crippen LogP contribution is 2.31. The van der Waals surface area contributed by atoms with Gasteiger partial charge in [-0.15, -0.1) is 11.3 Å². The predicted molar refractivity (Wildman–Crippen MR) is 101 cm³/mol. The van der Waals surface area contributed by atoms with E-state index in [2.05, 4.69) is 22.0 Å². The van der Waals surface area contributed by atoms with Crippen LogP contribution < -0.4 is 5.56 Å². The van der Waals surface area contributed by atoms with E-state index in [0.717, 1.165) is 41.2 Å². The molecular weight excluding hydrogens is 334 g/mol. The van der Waals surface area contributed by atoms with Crippen molar-refractivity contribution >= 4 is 21.6 Å². The monoisotopic (exact) mass is 355 g/mol. The number of rotatable bonds is 4. The van der Waals surface area contributed by atoms with Gasteiger partial charge < -0.3 is 10.0 Å². The Morgan fingerprint density at radius 3 is 2.68 bits per heavy atom. The molecule has 1 saturated heterocycles. The van der Waals surface area contributed by atoms with Crippen LogP contribution in [-0.4, -0.2) is 45.8 Å². The van der Waals surface area contributed by atoms with Crippen LogP contribution in [0.3, 0.4) is 0 Å². The summed E-state index contributed by atoms with van der Waals surface area (Å²) in [4.78, 5) is 21.6. The minimum Gasteiger partial charge on any atom is -0.395 e. The summed E-state index contributed by atoms with van der Waals surface area (Å²) in [5.74, 6) is 0. The number of aliphatic hydroxyl groups is 1. The number of aromatic nitrogens is 2. The summed E-state index contributed by atoms with van der Waals surface area (Å²) in [6, 6.07) is 12.3. The normalized spacial score (nSPS) is 16.5. The molecule has 0 saturated carbocycles. The van der Waals surface area contributed by atoms with E-state index < -0.39 is 0 Å². The Morgan fingerprint density at radius 2 is 1.96 bits per heavy atom. The maximum absolute atomic E-state index is 13.0. The zero-order valence-corrected chi connectivity index (χ0v) is 14.8. The number of likely N-dealkylation sites (tertiary alicyclic amines) is 1. The molecule has 6 heteroatoms. The van der Waals surface area contributed by atoms with Gasteiger partial charge in [0.05, 0.1) is 18.3 Å². The van der Waals surface area contributed by atoms with Crippen LogP contribution in [0.2, 0.25) is 0 Å². The number of hydrogen-bond acceptors (Lipinski definition) is 5. The summed E-state index contributed by atoms with van der Waals surface area (Å²) in [5, 5.41) is 9.77. The molecule has 3 heterocycles.